The maximum absolute atomic E-state index is 11.6. The number of hydrogen-bond acceptors (Lipinski definition) is 9. The Bertz CT molecular complexity index is 817. The summed E-state index contributed by atoms with van der Waals surface area (Å²) in [5, 5.41) is 40.9. The molecule has 0 saturated carbocycles. The van der Waals surface area contributed by atoms with Gasteiger partial charge in [0.1, 0.15) is 41.8 Å². The lowest BCUT2D eigenvalue weighted by Gasteiger charge is -2.26. The Kier molecular flexibility index (Phi) is 5.99. The van der Waals surface area contributed by atoms with Gasteiger partial charge in [-0.2, -0.15) is 0 Å². The zero-order valence-electron chi connectivity index (χ0n) is 12.9. The largest absolute Gasteiger partial charge is 0.422 e. The Hall–Kier alpha value is -2.59. The smallest absolute Gasteiger partial charge is 0.346 e. The molecule has 0 unspecified atom stereocenters. The number of carbonyl (C=O) groups is 2. The number of aldehydes is 2. The highest BCUT2D eigenvalue weighted by Gasteiger charge is 2.31. The van der Waals surface area contributed by atoms with Crippen LogP contribution in [0.3, 0.4) is 0 Å². The molecule has 25 heavy (non-hydrogen) atoms. The minimum atomic E-state index is -1.75. The van der Waals surface area contributed by atoms with Crippen LogP contribution in [0.1, 0.15) is 10.4 Å². The molecule has 4 atom stereocenters. The fraction of sp³-hybridized carbons (Fsp3) is 0.312. The molecule has 9 heteroatoms. The van der Waals surface area contributed by atoms with Gasteiger partial charge in [0.05, 0.1) is 6.61 Å². The summed E-state index contributed by atoms with van der Waals surface area (Å²) in [5.74, 6) is 0. The molecule has 0 aliphatic rings. The zero-order valence-corrected chi connectivity index (χ0v) is 12.9. The van der Waals surface area contributed by atoms with Gasteiger partial charge in [-0.25, -0.2) is 4.79 Å². The number of aliphatic hydroxyl groups excluding tert-OH is 4. The summed E-state index contributed by atoms with van der Waals surface area (Å²) in [6.45, 7) is -0.788. The summed E-state index contributed by atoms with van der Waals surface area (Å²) in [6.07, 6.45) is -4.35. The molecule has 0 bridgehead atoms. The molecule has 0 aliphatic heterocycles. The van der Waals surface area contributed by atoms with E-state index in [9.17, 15) is 29.7 Å². The number of fused-ring (bicyclic) bond motifs is 1. The number of hydrogen-bond donors (Lipinski definition) is 5. The maximum Gasteiger partial charge on any atom is 0.346 e. The third-order valence-corrected chi connectivity index (χ3v) is 3.67. The summed E-state index contributed by atoms with van der Waals surface area (Å²) in [4.78, 5) is 33.5. The summed E-state index contributed by atoms with van der Waals surface area (Å²) >= 11 is 0. The molecule has 0 fully saturated rings. The van der Waals surface area contributed by atoms with E-state index in [1.165, 1.54) is 24.3 Å². The van der Waals surface area contributed by atoms with Crippen molar-refractivity contribution in [3.8, 4) is 0 Å². The van der Waals surface area contributed by atoms with Gasteiger partial charge in [-0.15, -0.1) is 0 Å². The van der Waals surface area contributed by atoms with E-state index in [1.54, 1.807) is 0 Å². The van der Waals surface area contributed by atoms with Crippen molar-refractivity contribution < 1.29 is 34.4 Å². The van der Waals surface area contributed by atoms with Crippen molar-refractivity contribution in [2.24, 2.45) is 0 Å². The van der Waals surface area contributed by atoms with Gasteiger partial charge in [0.15, 0.2) is 6.29 Å². The van der Waals surface area contributed by atoms with E-state index in [0.717, 1.165) is 0 Å². The number of carbonyl (C=O) groups excluding carboxylic acids is 2. The van der Waals surface area contributed by atoms with Gasteiger partial charge in [0.2, 0.25) is 0 Å². The van der Waals surface area contributed by atoms with Crippen molar-refractivity contribution in [1.29, 1.82) is 0 Å². The van der Waals surface area contributed by atoms with Crippen molar-refractivity contribution in [2.45, 2.75) is 24.4 Å². The number of rotatable bonds is 8. The molecule has 0 aliphatic carbocycles. The topological polar surface area (TPSA) is 157 Å². The lowest BCUT2D eigenvalue weighted by Crippen LogP contribution is -2.49. The van der Waals surface area contributed by atoms with E-state index in [4.69, 9.17) is 9.52 Å². The number of nitrogens with one attached hydrogen (secondary N) is 1. The van der Waals surface area contributed by atoms with E-state index in [2.05, 4.69) is 5.32 Å². The first-order valence-corrected chi connectivity index (χ1v) is 7.31. The van der Waals surface area contributed by atoms with Gasteiger partial charge in [0, 0.05) is 17.1 Å². The predicted molar refractivity (Wildman–Crippen MR) is 86.5 cm³/mol. The standard InChI is InChI=1S/C16H17NO8/c18-5-9-3-8-1-2-10(4-13(8)25-16(9)24)17-11(6-19)14(22)15(23)12(21)7-20/h1-6,11-12,14-15,17,20-23H,7H2/t11-,12+,14+,15+/m0/s1. The predicted octanol–water partition coefficient (Wildman–Crippen LogP) is -1.34. The summed E-state index contributed by atoms with van der Waals surface area (Å²) in [5.41, 5.74) is -0.504. The fourth-order valence-electron chi connectivity index (χ4n) is 2.24. The maximum atomic E-state index is 11.6. The highest BCUT2D eigenvalue weighted by molar-refractivity contribution is 5.86. The zero-order chi connectivity index (χ0) is 18.6. The van der Waals surface area contributed by atoms with Gasteiger partial charge in [-0.3, -0.25) is 4.79 Å². The third-order valence-electron chi connectivity index (χ3n) is 3.67. The van der Waals surface area contributed by atoms with E-state index >= 15 is 0 Å². The van der Waals surface area contributed by atoms with Gasteiger partial charge in [0.25, 0.3) is 0 Å². The van der Waals surface area contributed by atoms with Crippen molar-refractivity contribution >= 4 is 29.2 Å². The number of benzene rings is 1. The molecule has 1 aromatic heterocycles. The lowest BCUT2D eigenvalue weighted by molar-refractivity contribution is -0.117. The van der Waals surface area contributed by atoms with Crippen molar-refractivity contribution in [3.05, 3.63) is 40.2 Å². The first-order chi connectivity index (χ1) is 11.9. The highest BCUT2D eigenvalue weighted by atomic mass is 16.4. The quantitative estimate of drug-likeness (QED) is 0.287. The van der Waals surface area contributed by atoms with Crippen LogP contribution in [0.4, 0.5) is 5.69 Å². The Balaban J connectivity index is 2.27. The molecule has 134 valence electrons. The molecule has 9 nitrogen and oxygen atoms in total. The molecular formula is C16H17NO8. The Morgan fingerprint density at radius 1 is 1.12 bits per heavy atom. The van der Waals surface area contributed by atoms with E-state index in [0.29, 0.717) is 18.0 Å². The first kappa shape index (κ1) is 18.7. The monoisotopic (exact) mass is 351 g/mol. The van der Waals surface area contributed by atoms with Crippen LogP contribution < -0.4 is 10.9 Å². The number of aliphatic hydroxyl groups is 4. The van der Waals surface area contributed by atoms with Gasteiger partial charge >= 0.3 is 5.63 Å². The molecule has 2 aromatic rings. The third kappa shape index (κ3) is 4.09. The van der Waals surface area contributed by atoms with E-state index in [1.807, 2.05) is 0 Å². The molecule has 0 radical (unpaired) electrons. The summed E-state index contributed by atoms with van der Waals surface area (Å²) in [7, 11) is 0. The minimum absolute atomic E-state index is 0.129. The van der Waals surface area contributed by atoms with Gasteiger partial charge < -0.3 is 35.0 Å². The average molecular weight is 351 g/mol. The first-order valence-electron chi connectivity index (χ1n) is 7.31. The minimum Gasteiger partial charge on any atom is -0.422 e. The second-order valence-electron chi connectivity index (χ2n) is 5.40. The Morgan fingerprint density at radius 2 is 1.84 bits per heavy atom. The Labute approximate surface area is 141 Å². The second kappa shape index (κ2) is 7.99. The van der Waals surface area contributed by atoms with Crippen LogP contribution in [0, 0.1) is 0 Å². The lowest BCUT2D eigenvalue weighted by atomic mass is 10.0. The molecular weight excluding hydrogens is 334 g/mol. The average Bonchev–Trinajstić information content (AvgIpc) is 2.63. The van der Waals surface area contributed by atoms with Crippen molar-refractivity contribution in [2.75, 3.05) is 11.9 Å². The summed E-state index contributed by atoms with van der Waals surface area (Å²) in [6, 6.07) is 4.47. The Morgan fingerprint density at radius 3 is 2.44 bits per heavy atom. The van der Waals surface area contributed by atoms with Crippen LogP contribution in [-0.2, 0) is 4.79 Å². The molecule has 0 amide bonds. The van der Waals surface area contributed by atoms with Gasteiger partial charge in [-0.1, -0.05) is 0 Å². The highest BCUT2D eigenvalue weighted by Crippen LogP contribution is 2.20. The molecule has 1 heterocycles. The molecule has 1 aromatic carbocycles. The van der Waals surface area contributed by atoms with Crippen LogP contribution in [0.5, 0.6) is 0 Å². The van der Waals surface area contributed by atoms with Crippen molar-refractivity contribution in [3.63, 3.8) is 0 Å². The molecule has 0 spiro atoms. The molecule has 2 rings (SSSR count). The normalized spacial score (nSPS) is 16.0. The van der Waals surface area contributed by atoms with Crippen LogP contribution in [0.25, 0.3) is 11.0 Å². The second-order valence-corrected chi connectivity index (χ2v) is 5.40. The van der Waals surface area contributed by atoms with E-state index < -0.39 is 36.6 Å². The van der Waals surface area contributed by atoms with Crippen LogP contribution in [0.15, 0.2) is 33.5 Å². The van der Waals surface area contributed by atoms with Crippen LogP contribution in [-0.4, -0.2) is 64.0 Å². The summed E-state index contributed by atoms with van der Waals surface area (Å²) < 4.78 is 5.00. The van der Waals surface area contributed by atoms with E-state index in [-0.39, 0.29) is 16.8 Å². The SMILES string of the molecule is O=Cc1cc2ccc(N[C@@H](C=O)[C@@H](O)[C@H](O)[C@H](O)CO)cc2oc1=O. The number of anilines is 1. The van der Waals surface area contributed by atoms with Gasteiger partial charge in [-0.05, 0) is 18.2 Å². The fourth-order valence-corrected chi connectivity index (χ4v) is 2.24. The molecule has 0 saturated heterocycles. The molecule has 5 N–H and O–H groups in total. The van der Waals surface area contributed by atoms with Crippen LogP contribution in [0.2, 0.25) is 0 Å². The van der Waals surface area contributed by atoms with Crippen molar-refractivity contribution in [1.82, 2.24) is 0 Å². The van der Waals surface area contributed by atoms with Crippen LogP contribution >= 0.6 is 0 Å².